The van der Waals surface area contributed by atoms with E-state index in [1.807, 2.05) is 6.92 Å². The zero-order valence-corrected chi connectivity index (χ0v) is 25.2. The first-order chi connectivity index (χ1) is 18.7. The van der Waals surface area contributed by atoms with Gasteiger partial charge in [-0.15, -0.1) is 0 Å². The summed E-state index contributed by atoms with van der Waals surface area (Å²) in [6.45, 7) is 8.56. The van der Waals surface area contributed by atoms with Crippen molar-refractivity contribution in [1.82, 2.24) is 15.2 Å². The van der Waals surface area contributed by atoms with Gasteiger partial charge in [0.15, 0.2) is 0 Å². The van der Waals surface area contributed by atoms with Gasteiger partial charge in [-0.3, -0.25) is 23.8 Å². The minimum absolute atomic E-state index is 0.0521. The highest BCUT2D eigenvalue weighted by Crippen LogP contribution is 2.58. The second-order valence-corrected chi connectivity index (χ2v) is 13.4. The molecule has 0 saturated heterocycles. The van der Waals surface area contributed by atoms with Crippen LogP contribution in [0.3, 0.4) is 0 Å². The number of carbonyl (C=O) groups is 2. The van der Waals surface area contributed by atoms with E-state index in [9.17, 15) is 18.7 Å². The Bertz CT molecular complexity index is 1230. The van der Waals surface area contributed by atoms with Gasteiger partial charge in [-0.25, -0.2) is 4.79 Å². The van der Waals surface area contributed by atoms with Crippen molar-refractivity contribution in [2.45, 2.75) is 58.0 Å². The molecule has 1 heterocycles. The highest BCUT2D eigenvalue weighted by molar-refractivity contribution is 7.70. The van der Waals surface area contributed by atoms with Crippen LogP contribution < -0.4 is 10.2 Å². The molecule has 0 aliphatic carbocycles. The molecule has 0 aliphatic rings. The molecule has 1 aromatic heterocycles. The maximum atomic E-state index is 13.3. The normalized spacial score (nSPS) is 13.1. The first kappa shape index (κ1) is 34.1. The lowest BCUT2D eigenvalue weighted by molar-refractivity contribution is -0.121. The molecule has 0 radical (unpaired) electrons. The van der Waals surface area contributed by atoms with E-state index in [0.29, 0.717) is 28.0 Å². The van der Waals surface area contributed by atoms with Crippen LogP contribution in [0.5, 0.6) is 0 Å². The largest absolute Gasteiger partial charge is 0.449 e. The van der Waals surface area contributed by atoms with Crippen molar-refractivity contribution in [1.29, 1.82) is 0 Å². The molecule has 1 aromatic carbocycles. The van der Waals surface area contributed by atoms with Crippen molar-refractivity contribution in [2.75, 3.05) is 31.1 Å². The minimum Gasteiger partial charge on any atom is -0.449 e. The Kier molecular flexibility index (Phi) is 13.0. The van der Waals surface area contributed by atoms with E-state index in [4.69, 9.17) is 35.9 Å². The standard InChI is InChI=1S/C24H37ClN4O9P2/c1-4-28(5-2)14-6-8-17(3)29(21-12-13-26-20-16-18(25)10-11-19(20)21)24(31)38-15-7-9-22(30)27-23(39(32,33)34)40(35,36)37/h10-13,16-17,23H,4-9,14-15H2,1-3H3,(H,27,30)(H2,32,33,34)(H2,35,36,37)/t17-/m0/s1. The van der Waals surface area contributed by atoms with E-state index < -0.39 is 32.7 Å². The molecule has 0 aliphatic heterocycles. The number of amides is 2. The fourth-order valence-electron chi connectivity index (χ4n) is 4.15. The van der Waals surface area contributed by atoms with Gasteiger partial charge in [0.25, 0.3) is 0 Å². The van der Waals surface area contributed by atoms with Gasteiger partial charge < -0.3 is 34.5 Å². The van der Waals surface area contributed by atoms with Crippen molar-refractivity contribution >= 4 is 55.4 Å². The third kappa shape index (κ3) is 10.1. The number of anilines is 1. The number of halogens is 1. The average molecular weight is 623 g/mol. The molecule has 16 heteroatoms. The number of fused-ring (bicyclic) bond motifs is 1. The number of nitrogens with zero attached hydrogens (tertiary/aromatic N) is 3. The van der Waals surface area contributed by atoms with Gasteiger partial charge in [-0.1, -0.05) is 25.4 Å². The maximum Gasteiger partial charge on any atom is 0.414 e. The van der Waals surface area contributed by atoms with Crippen LogP contribution in [0.2, 0.25) is 5.02 Å². The predicted molar refractivity (Wildman–Crippen MR) is 152 cm³/mol. The lowest BCUT2D eigenvalue weighted by Crippen LogP contribution is -2.40. The molecule has 2 rings (SSSR count). The molecule has 2 aromatic rings. The Balaban J connectivity index is 2.13. The molecule has 0 saturated carbocycles. The third-order valence-corrected chi connectivity index (χ3v) is 9.84. The second-order valence-electron chi connectivity index (χ2n) is 9.22. The SMILES string of the molecule is CCN(CC)CCC[C@H](C)N(C(=O)OCCCC(=O)NC(P(=O)(O)O)P(=O)(O)O)c1ccnc2cc(Cl)ccc12. The van der Waals surface area contributed by atoms with Crippen LogP contribution in [0.25, 0.3) is 10.9 Å². The van der Waals surface area contributed by atoms with Crippen molar-refractivity contribution in [3.8, 4) is 0 Å². The van der Waals surface area contributed by atoms with E-state index in [1.54, 1.807) is 35.8 Å². The zero-order chi connectivity index (χ0) is 30.1. The number of benzene rings is 1. The number of ether oxygens (including phenoxy) is 1. The Morgan fingerprint density at radius 3 is 2.33 bits per heavy atom. The van der Waals surface area contributed by atoms with Crippen LogP contribution in [-0.2, 0) is 18.7 Å². The van der Waals surface area contributed by atoms with Crippen LogP contribution in [0.15, 0.2) is 30.5 Å². The lowest BCUT2D eigenvalue weighted by Gasteiger charge is -2.30. The van der Waals surface area contributed by atoms with E-state index in [1.165, 1.54) is 4.90 Å². The topological polar surface area (TPSA) is 190 Å². The summed E-state index contributed by atoms with van der Waals surface area (Å²) in [5.41, 5.74) is -1.47. The molecule has 0 unspecified atom stereocenters. The summed E-state index contributed by atoms with van der Waals surface area (Å²) in [5.74, 6) is -1.01. The summed E-state index contributed by atoms with van der Waals surface area (Å²) < 4.78 is 28.2. The quantitative estimate of drug-likeness (QED) is 0.143. The summed E-state index contributed by atoms with van der Waals surface area (Å²) >= 11 is 6.12. The molecule has 0 bridgehead atoms. The van der Waals surface area contributed by atoms with Crippen molar-refractivity contribution in [2.24, 2.45) is 0 Å². The molecule has 0 fully saturated rings. The highest BCUT2D eigenvalue weighted by Gasteiger charge is 2.44. The molecule has 224 valence electrons. The van der Waals surface area contributed by atoms with Gasteiger partial charge in [0, 0.05) is 29.1 Å². The van der Waals surface area contributed by atoms with Gasteiger partial charge >= 0.3 is 21.3 Å². The van der Waals surface area contributed by atoms with Crippen LogP contribution in [-0.4, -0.2) is 79.3 Å². The minimum atomic E-state index is -5.31. The summed E-state index contributed by atoms with van der Waals surface area (Å²) in [5, 5.41) is 2.87. The summed E-state index contributed by atoms with van der Waals surface area (Å²) in [7, 11) is -10.6. The Labute approximate surface area is 238 Å². The average Bonchev–Trinajstić information content (AvgIpc) is 2.86. The summed E-state index contributed by atoms with van der Waals surface area (Å²) in [6, 6.07) is 6.60. The number of hydrogen-bond acceptors (Lipinski definition) is 7. The smallest absolute Gasteiger partial charge is 0.414 e. The molecule has 5 N–H and O–H groups in total. The molecular weight excluding hydrogens is 586 g/mol. The molecule has 40 heavy (non-hydrogen) atoms. The lowest BCUT2D eigenvalue weighted by atomic mass is 10.1. The van der Waals surface area contributed by atoms with Gasteiger partial charge in [0.1, 0.15) is 0 Å². The van der Waals surface area contributed by atoms with Crippen LogP contribution >= 0.6 is 26.8 Å². The Hall–Kier alpha value is -2.08. The van der Waals surface area contributed by atoms with E-state index in [2.05, 4.69) is 23.7 Å². The van der Waals surface area contributed by atoms with E-state index in [0.717, 1.165) is 26.1 Å². The van der Waals surface area contributed by atoms with Gasteiger partial charge in [0.05, 0.1) is 17.8 Å². The number of nitrogens with one attached hydrogen (secondary N) is 1. The van der Waals surface area contributed by atoms with Gasteiger partial charge in [0.2, 0.25) is 11.4 Å². The first-order valence-electron chi connectivity index (χ1n) is 12.8. The number of carbonyl (C=O) groups excluding carboxylic acids is 2. The fourth-order valence-corrected chi connectivity index (χ4v) is 6.51. The van der Waals surface area contributed by atoms with E-state index in [-0.39, 0.29) is 25.5 Å². The van der Waals surface area contributed by atoms with Crippen LogP contribution in [0.1, 0.15) is 46.5 Å². The number of rotatable bonds is 15. The van der Waals surface area contributed by atoms with Crippen molar-refractivity contribution < 1.29 is 43.0 Å². The number of hydrogen-bond donors (Lipinski definition) is 5. The molecule has 0 spiro atoms. The van der Waals surface area contributed by atoms with Crippen LogP contribution in [0.4, 0.5) is 10.5 Å². The fraction of sp³-hybridized carbons (Fsp3) is 0.542. The third-order valence-electron chi connectivity index (χ3n) is 6.27. The van der Waals surface area contributed by atoms with Gasteiger partial charge in [-0.05, 0) is 70.1 Å². The first-order valence-corrected chi connectivity index (χ1v) is 16.6. The summed E-state index contributed by atoms with van der Waals surface area (Å²) in [6.07, 6.45) is 1.98. The van der Waals surface area contributed by atoms with Crippen molar-refractivity contribution in [3.63, 3.8) is 0 Å². The Morgan fingerprint density at radius 2 is 1.73 bits per heavy atom. The molecular formula is C24H37ClN4O9P2. The molecule has 13 nitrogen and oxygen atoms in total. The predicted octanol–water partition coefficient (Wildman–Crippen LogP) is 3.88. The Morgan fingerprint density at radius 1 is 1.07 bits per heavy atom. The second kappa shape index (κ2) is 15.2. The molecule has 1 atom stereocenters. The maximum absolute atomic E-state index is 13.3. The van der Waals surface area contributed by atoms with Crippen LogP contribution in [0, 0.1) is 0 Å². The molecule has 2 amide bonds. The number of pyridine rings is 1. The van der Waals surface area contributed by atoms with E-state index >= 15 is 0 Å². The van der Waals surface area contributed by atoms with Crippen molar-refractivity contribution in [3.05, 3.63) is 35.5 Å². The number of aromatic nitrogens is 1. The highest BCUT2D eigenvalue weighted by atomic mass is 35.5. The monoisotopic (exact) mass is 622 g/mol. The zero-order valence-electron chi connectivity index (χ0n) is 22.6. The van der Waals surface area contributed by atoms with Gasteiger partial charge in [-0.2, -0.15) is 0 Å². The summed E-state index contributed by atoms with van der Waals surface area (Å²) in [4.78, 5) is 70.2.